The van der Waals surface area contributed by atoms with Gasteiger partial charge in [-0.15, -0.1) is 11.3 Å². The van der Waals surface area contributed by atoms with Crippen LogP contribution in [0.15, 0.2) is 77.3 Å². The molecule has 1 unspecified atom stereocenters. The first kappa shape index (κ1) is 58.8. The number of hydrogen-bond donors (Lipinski definition) is 6. The van der Waals surface area contributed by atoms with E-state index >= 15 is 0 Å². The van der Waals surface area contributed by atoms with Gasteiger partial charge < -0.3 is 41.2 Å². The van der Waals surface area contributed by atoms with Gasteiger partial charge in [-0.3, -0.25) is 38.3 Å². The van der Waals surface area contributed by atoms with E-state index in [9.17, 15) is 33.9 Å². The van der Waals surface area contributed by atoms with E-state index in [0.29, 0.717) is 36.9 Å². The maximum atomic E-state index is 14.1. The summed E-state index contributed by atoms with van der Waals surface area (Å²) in [5, 5.41) is 27.9. The summed E-state index contributed by atoms with van der Waals surface area (Å²) in [4.78, 5) is 99.1. The van der Waals surface area contributed by atoms with Crippen molar-refractivity contribution in [1.82, 2.24) is 55.8 Å². The van der Waals surface area contributed by atoms with E-state index in [4.69, 9.17) is 4.98 Å². The summed E-state index contributed by atoms with van der Waals surface area (Å²) >= 11 is 1.58. The number of anilines is 1. The van der Waals surface area contributed by atoms with Gasteiger partial charge in [0.05, 0.1) is 39.5 Å². The zero-order valence-corrected chi connectivity index (χ0v) is 48.3. The predicted molar refractivity (Wildman–Crippen MR) is 312 cm³/mol. The van der Waals surface area contributed by atoms with Crippen LogP contribution < -0.4 is 31.7 Å². The Balaban J connectivity index is 0.722. The van der Waals surface area contributed by atoms with Crippen molar-refractivity contribution in [2.75, 3.05) is 50.7 Å². The van der Waals surface area contributed by atoms with E-state index in [2.05, 4.69) is 46.1 Å². The molecule has 0 aliphatic carbocycles. The Morgan fingerprint density at radius 2 is 1.52 bits per heavy atom. The number of aliphatic hydroxyl groups is 1. The number of carbonyl (C=O) groups is 5. The second-order valence-electron chi connectivity index (χ2n) is 22.7. The molecule has 6 heterocycles. The minimum atomic E-state index is -0.897. The van der Waals surface area contributed by atoms with E-state index in [1.54, 1.807) is 17.5 Å². The normalized spacial score (nSPS) is 16.3. The molecule has 6 N–H and O–H groups in total. The van der Waals surface area contributed by atoms with E-state index in [-0.39, 0.29) is 67.7 Å². The molecule has 2 aromatic carbocycles. The minimum Gasteiger partial charge on any atom is -0.391 e. The highest BCUT2D eigenvalue weighted by atomic mass is 32.1. The summed E-state index contributed by atoms with van der Waals surface area (Å²) in [6.07, 6.45) is 6.28. The molecular weight excluding hydrogens is 1030 g/mol. The van der Waals surface area contributed by atoms with Gasteiger partial charge >= 0.3 is 0 Å². The quantitative estimate of drug-likeness (QED) is 0.0388. The van der Waals surface area contributed by atoms with Gasteiger partial charge in [0, 0.05) is 113 Å². The number of carbonyl (C=O) groups excluding carboxylic acids is 5. The number of thiazole rings is 1. The third-order valence-electron chi connectivity index (χ3n) is 15.2. The SMILES string of the molecule is Cc1cc(C)c(CNC(=O)c2cc(-c3ccc(N4CCN(CCNC(=O)CCCCCCC(=O)NC(C(=O)N5C[C@H](O)C[C@H]5C(=O)NCc5ccc(-c6scnc6C)cc5)C(C)(C)C)CC4)nc3)cc3c2cnn3C(C)C)c(=O)[nH]1. The number of pyridine rings is 2. The lowest BCUT2D eigenvalue weighted by Crippen LogP contribution is -2.57. The van der Waals surface area contributed by atoms with E-state index in [1.807, 2.05) is 126 Å². The summed E-state index contributed by atoms with van der Waals surface area (Å²) in [6, 6.07) is 16.0. The highest BCUT2D eigenvalue weighted by Gasteiger charge is 2.44. The van der Waals surface area contributed by atoms with Crippen LogP contribution in [0.3, 0.4) is 0 Å². The number of H-pyrrole nitrogens is 1. The highest BCUT2D eigenvalue weighted by Crippen LogP contribution is 2.32. The zero-order valence-electron chi connectivity index (χ0n) is 47.5. The molecule has 80 heavy (non-hydrogen) atoms. The van der Waals surface area contributed by atoms with Crippen LogP contribution in [0.25, 0.3) is 32.5 Å². The van der Waals surface area contributed by atoms with Crippen molar-refractivity contribution in [1.29, 1.82) is 0 Å². The lowest BCUT2D eigenvalue weighted by Gasteiger charge is -2.35. The van der Waals surface area contributed by atoms with Crippen molar-refractivity contribution in [2.45, 2.75) is 138 Å². The van der Waals surface area contributed by atoms with Crippen LogP contribution in [0, 0.1) is 26.2 Å². The molecule has 6 aromatic rings. The molecule has 0 saturated carbocycles. The Morgan fingerprint density at radius 3 is 2.17 bits per heavy atom. The third-order valence-corrected chi connectivity index (χ3v) is 16.1. The van der Waals surface area contributed by atoms with Gasteiger partial charge in [-0.25, -0.2) is 9.97 Å². The fourth-order valence-corrected chi connectivity index (χ4v) is 11.4. The second kappa shape index (κ2) is 26.3. The molecule has 2 aliphatic rings. The Bertz CT molecular complexity index is 3210. The number of nitrogens with zero attached hydrogens (tertiary/aromatic N) is 7. The molecule has 20 heteroatoms. The van der Waals surface area contributed by atoms with Crippen LogP contribution in [-0.2, 0) is 32.3 Å². The number of fused-ring (bicyclic) bond motifs is 1. The maximum absolute atomic E-state index is 14.1. The van der Waals surface area contributed by atoms with Crippen LogP contribution in [0.2, 0.25) is 0 Å². The first-order valence-corrected chi connectivity index (χ1v) is 28.9. The average Bonchev–Trinajstić information content (AvgIpc) is 4.18. The molecule has 426 valence electrons. The average molecular weight is 1110 g/mol. The molecular formula is C60H78N12O7S. The largest absolute Gasteiger partial charge is 0.391 e. The van der Waals surface area contributed by atoms with Gasteiger partial charge in [0.2, 0.25) is 23.6 Å². The van der Waals surface area contributed by atoms with Gasteiger partial charge in [-0.2, -0.15) is 5.10 Å². The monoisotopic (exact) mass is 1110 g/mol. The first-order chi connectivity index (χ1) is 38.2. The van der Waals surface area contributed by atoms with Gasteiger partial charge in [-0.1, -0.05) is 57.9 Å². The highest BCUT2D eigenvalue weighted by molar-refractivity contribution is 7.13. The van der Waals surface area contributed by atoms with Gasteiger partial charge in [-0.05, 0) is 105 Å². The number of likely N-dealkylation sites (tertiary alicyclic amines) is 1. The molecule has 4 aromatic heterocycles. The van der Waals surface area contributed by atoms with Crippen molar-refractivity contribution in [3.05, 3.63) is 116 Å². The summed E-state index contributed by atoms with van der Waals surface area (Å²) in [7, 11) is 0. The van der Waals surface area contributed by atoms with Crippen LogP contribution in [-0.4, -0.2) is 133 Å². The number of hydrogen-bond acceptors (Lipinski definition) is 13. The Hall–Kier alpha value is -7.29. The van der Waals surface area contributed by atoms with Crippen molar-refractivity contribution in [3.8, 4) is 21.6 Å². The molecule has 0 spiro atoms. The number of benzene rings is 2. The maximum Gasteiger partial charge on any atom is 0.253 e. The number of aryl methyl sites for hydroxylation is 3. The number of aromatic amines is 1. The number of β-amino-alcohol motifs (C(OH)–C–C–N with tert-alkyl or cyclic N) is 1. The lowest BCUT2D eigenvalue weighted by molar-refractivity contribution is -0.144. The number of piperazine rings is 1. The number of unbranched alkanes of at least 4 members (excludes halogenated alkanes) is 3. The third kappa shape index (κ3) is 14.7. The molecule has 8 rings (SSSR count). The molecule has 5 amide bonds. The second-order valence-corrected chi connectivity index (χ2v) is 23.6. The topological polar surface area (TPSA) is 240 Å². The number of aliphatic hydroxyl groups excluding tert-OH is 1. The summed E-state index contributed by atoms with van der Waals surface area (Å²) in [6.45, 7) is 20.2. The van der Waals surface area contributed by atoms with Crippen LogP contribution in [0.4, 0.5) is 5.82 Å². The van der Waals surface area contributed by atoms with E-state index in [0.717, 1.165) is 106 Å². The van der Waals surface area contributed by atoms with E-state index < -0.39 is 29.5 Å². The van der Waals surface area contributed by atoms with Crippen molar-refractivity contribution in [3.63, 3.8) is 0 Å². The first-order valence-electron chi connectivity index (χ1n) is 28.0. The Morgan fingerprint density at radius 1 is 0.812 bits per heavy atom. The molecule has 3 atom stereocenters. The van der Waals surface area contributed by atoms with Gasteiger partial charge in [0.15, 0.2) is 0 Å². The summed E-state index contributed by atoms with van der Waals surface area (Å²) in [5.74, 6) is -0.433. The Labute approximate surface area is 472 Å². The number of nitrogens with one attached hydrogen (secondary N) is 5. The summed E-state index contributed by atoms with van der Waals surface area (Å²) < 4.78 is 1.90. The van der Waals surface area contributed by atoms with Gasteiger partial charge in [0.25, 0.3) is 11.5 Å². The molecule has 2 aliphatic heterocycles. The zero-order chi connectivity index (χ0) is 57.3. The van der Waals surface area contributed by atoms with Crippen molar-refractivity contribution in [2.24, 2.45) is 5.41 Å². The van der Waals surface area contributed by atoms with Crippen LogP contribution >= 0.6 is 11.3 Å². The smallest absolute Gasteiger partial charge is 0.253 e. The number of aromatic nitrogens is 5. The molecule has 2 saturated heterocycles. The lowest BCUT2D eigenvalue weighted by atomic mass is 9.85. The molecule has 19 nitrogen and oxygen atoms in total. The van der Waals surface area contributed by atoms with Crippen molar-refractivity contribution >= 4 is 57.6 Å². The van der Waals surface area contributed by atoms with Crippen LogP contribution in [0.5, 0.6) is 0 Å². The van der Waals surface area contributed by atoms with Gasteiger partial charge in [0.1, 0.15) is 17.9 Å². The fraction of sp³-hybridized carbons (Fsp3) is 0.483. The minimum absolute atomic E-state index is 0.00207. The standard InChI is InChI=1S/C60H78N12O7S/c1-37(2)72-49-29-44(28-46(48(49)34-66-72)56(76)64-33-47-38(3)27-39(4)67-57(47)77)43-19-20-51(62-32-43)70-25-23-69(24-26-70)22-21-61-52(74)13-11-9-10-12-14-53(75)68-55(60(6,7)8)59(79)71-35-45(73)30-50(71)58(78)63-31-41-15-17-42(18-16-41)54-40(5)65-36-80-54/h15-20,27-29,32,34,36-37,45,50,55,73H,9-14,21-26,30-31,33,35H2,1-8H3,(H,61,74)(H,63,78)(H,64,76)(H,67,77)(H,68,75)/t45-,50+,55?/m1/s1. The van der Waals surface area contributed by atoms with Crippen LogP contribution in [0.1, 0.15) is 124 Å². The number of rotatable bonds is 22. The number of amides is 5. The van der Waals surface area contributed by atoms with E-state index in [1.165, 1.54) is 4.90 Å². The molecule has 0 bridgehead atoms. The molecule has 0 radical (unpaired) electrons. The molecule has 2 fully saturated rings. The summed E-state index contributed by atoms with van der Waals surface area (Å²) in [5.41, 5.74) is 8.96. The van der Waals surface area contributed by atoms with Crippen molar-refractivity contribution < 1.29 is 29.1 Å². The Kier molecular flexibility index (Phi) is 19.4. The fourth-order valence-electron chi connectivity index (χ4n) is 10.6. The predicted octanol–water partition coefficient (Wildman–Crippen LogP) is 6.73.